The molecule has 6 heteroatoms. The van der Waals surface area contributed by atoms with Crippen molar-refractivity contribution < 1.29 is 19.5 Å². The molecule has 0 aromatic carbocycles. The molecule has 0 bridgehead atoms. The van der Waals surface area contributed by atoms with Crippen LogP contribution in [0.15, 0.2) is 29.1 Å². The first-order valence-electron chi connectivity index (χ1n) is 7.65. The van der Waals surface area contributed by atoms with Crippen molar-refractivity contribution in [2.24, 2.45) is 5.16 Å². The van der Waals surface area contributed by atoms with Crippen LogP contribution in [0.5, 0.6) is 0 Å². The maximum Gasteiger partial charge on any atom is 0.344 e. The Kier molecular flexibility index (Phi) is 5.94. The summed E-state index contributed by atoms with van der Waals surface area (Å²) in [5.41, 5.74) is 0.0940. The summed E-state index contributed by atoms with van der Waals surface area (Å²) in [6.45, 7) is 5.80. The van der Waals surface area contributed by atoms with Gasteiger partial charge in [-0.25, -0.2) is 4.79 Å². The van der Waals surface area contributed by atoms with Crippen LogP contribution in [-0.4, -0.2) is 40.5 Å². The molecule has 122 valence electrons. The van der Waals surface area contributed by atoms with Gasteiger partial charge in [0.2, 0.25) is 0 Å². The number of carbonyl (C=O) groups is 1. The van der Waals surface area contributed by atoms with E-state index in [1.807, 2.05) is 18.7 Å². The van der Waals surface area contributed by atoms with Crippen molar-refractivity contribution in [1.82, 2.24) is 0 Å². The zero-order chi connectivity index (χ0) is 16.0. The quantitative estimate of drug-likeness (QED) is 0.267. The van der Waals surface area contributed by atoms with Gasteiger partial charge in [-0.3, -0.25) is 0 Å². The Labute approximate surface area is 135 Å². The minimum atomic E-state index is -0.533. The van der Waals surface area contributed by atoms with Crippen molar-refractivity contribution in [2.45, 2.75) is 44.6 Å². The van der Waals surface area contributed by atoms with Crippen LogP contribution in [0.3, 0.4) is 0 Å². The lowest BCUT2D eigenvalue weighted by molar-refractivity contribution is -0.158. The fraction of sp³-hybridized carbons (Fsp3) is 0.625. The van der Waals surface area contributed by atoms with Crippen molar-refractivity contribution in [2.75, 3.05) is 18.1 Å². The van der Waals surface area contributed by atoms with Gasteiger partial charge in [0.05, 0.1) is 5.71 Å². The van der Waals surface area contributed by atoms with Crippen LogP contribution >= 0.6 is 11.8 Å². The lowest BCUT2D eigenvalue weighted by atomic mass is 9.86. The highest BCUT2D eigenvalue weighted by atomic mass is 32.2. The van der Waals surface area contributed by atoms with Gasteiger partial charge in [0, 0.05) is 6.42 Å². The van der Waals surface area contributed by atoms with Crippen LogP contribution < -0.4 is 0 Å². The van der Waals surface area contributed by atoms with Crippen LogP contribution in [0.4, 0.5) is 0 Å². The molecule has 0 unspecified atom stereocenters. The van der Waals surface area contributed by atoms with Crippen molar-refractivity contribution >= 4 is 23.4 Å². The molecule has 2 aliphatic rings. The van der Waals surface area contributed by atoms with Crippen molar-refractivity contribution in [1.29, 1.82) is 0 Å². The molecule has 0 saturated carbocycles. The van der Waals surface area contributed by atoms with E-state index in [0.717, 1.165) is 30.8 Å². The molecule has 1 N–H and O–H groups in total. The van der Waals surface area contributed by atoms with E-state index in [-0.39, 0.29) is 17.9 Å². The first kappa shape index (κ1) is 16.9. The first-order chi connectivity index (χ1) is 10.6. The molecule has 0 aromatic rings. The minimum absolute atomic E-state index is 0.0811. The second kappa shape index (κ2) is 7.72. The predicted molar refractivity (Wildman–Crippen MR) is 88.1 cm³/mol. The van der Waals surface area contributed by atoms with E-state index < -0.39 is 11.6 Å². The van der Waals surface area contributed by atoms with E-state index in [0.29, 0.717) is 18.6 Å². The summed E-state index contributed by atoms with van der Waals surface area (Å²) in [6, 6.07) is 0. The van der Waals surface area contributed by atoms with E-state index in [4.69, 9.17) is 9.57 Å². The second-order valence-electron chi connectivity index (χ2n) is 5.56. The minimum Gasteiger partial charge on any atom is -0.511 e. The molecule has 0 amide bonds. The highest BCUT2D eigenvalue weighted by molar-refractivity contribution is 7.99. The van der Waals surface area contributed by atoms with Gasteiger partial charge in [0.1, 0.15) is 23.5 Å². The van der Waals surface area contributed by atoms with E-state index in [9.17, 15) is 9.90 Å². The summed E-state index contributed by atoms with van der Waals surface area (Å²) >= 11 is 1.85. The fourth-order valence-corrected chi connectivity index (χ4v) is 3.96. The fourth-order valence-electron chi connectivity index (χ4n) is 2.72. The number of ether oxygens (including phenoxy) is 1. The molecule has 1 spiro atoms. The van der Waals surface area contributed by atoms with Crippen molar-refractivity contribution in [3.8, 4) is 0 Å². The van der Waals surface area contributed by atoms with E-state index in [2.05, 4.69) is 11.7 Å². The average Bonchev–Trinajstić information content (AvgIpc) is 2.47. The Bertz CT molecular complexity index is 492. The third kappa shape index (κ3) is 3.85. The highest BCUT2D eigenvalue weighted by Gasteiger charge is 2.44. The van der Waals surface area contributed by atoms with E-state index in [1.165, 1.54) is 0 Å². The number of nitrogens with zero attached hydrogens (tertiary/aromatic N) is 1. The van der Waals surface area contributed by atoms with Crippen molar-refractivity contribution in [3.05, 3.63) is 24.0 Å². The molecular weight excluding hydrogens is 302 g/mol. The number of rotatable bonds is 6. The monoisotopic (exact) mass is 325 g/mol. The molecule has 0 atom stereocenters. The largest absolute Gasteiger partial charge is 0.511 e. The van der Waals surface area contributed by atoms with Crippen LogP contribution in [0, 0.1) is 0 Å². The van der Waals surface area contributed by atoms with Gasteiger partial charge in [-0.1, -0.05) is 31.2 Å². The number of aliphatic hydroxyl groups excluding tert-OH is 1. The Morgan fingerprint density at radius 1 is 1.55 bits per heavy atom. The molecular formula is C16H23NO4S. The summed E-state index contributed by atoms with van der Waals surface area (Å²) < 4.78 is 5.70. The maximum absolute atomic E-state index is 12.4. The van der Waals surface area contributed by atoms with Crippen LogP contribution in [0.25, 0.3) is 0 Å². The number of hydrogen-bond donors (Lipinski definition) is 1. The van der Waals surface area contributed by atoms with Gasteiger partial charge >= 0.3 is 5.97 Å². The Morgan fingerprint density at radius 2 is 2.27 bits per heavy atom. The SMILES string of the molecule is C=CCON=C(CCC)C1=C(O)CC2(CCSCC2)OC1=O. The number of thioether (sulfide) groups is 1. The zero-order valence-electron chi connectivity index (χ0n) is 13.0. The molecule has 0 aromatic heterocycles. The first-order valence-corrected chi connectivity index (χ1v) is 8.80. The number of esters is 1. The Balaban J connectivity index is 2.23. The molecule has 0 aliphatic carbocycles. The van der Waals surface area contributed by atoms with E-state index in [1.54, 1.807) is 6.08 Å². The summed E-state index contributed by atoms with van der Waals surface area (Å²) in [5, 5.41) is 14.4. The lowest BCUT2D eigenvalue weighted by Crippen LogP contribution is -2.44. The second-order valence-corrected chi connectivity index (χ2v) is 6.78. The number of oxime groups is 1. The number of aliphatic hydroxyl groups is 1. The van der Waals surface area contributed by atoms with Gasteiger partial charge in [-0.05, 0) is 30.8 Å². The van der Waals surface area contributed by atoms with E-state index >= 15 is 0 Å². The average molecular weight is 325 g/mol. The standard InChI is InChI=1S/C16H23NO4S/c1-3-5-12(17-20-8-4-2)14-13(18)11-16(21-15(14)19)6-9-22-10-7-16/h4,18H,2-3,5-11H2,1H3. The smallest absolute Gasteiger partial charge is 0.344 e. The van der Waals surface area contributed by atoms with Gasteiger partial charge in [0.25, 0.3) is 0 Å². The summed E-state index contributed by atoms with van der Waals surface area (Å²) in [6.07, 6.45) is 4.87. The maximum atomic E-state index is 12.4. The van der Waals surface area contributed by atoms with Crippen LogP contribution in [0.1, 0.15) is 39.0 Å². The van der Waals surface area contributed by atoms with Crippen LogP contribution in [-0.2, 0) is 14.4 Å². The molecule has 2 rings (SSSR count). The summed E-state index contributed by atoms with van der Waals surface area (Å²) in [4.78, 5) is 17.5. The number of carbonyl (C=O) groups excluding carboxylic acids is 1. The molecule has 1 fully saturated rings. The Hall–Kier alpha value is -1.43. The normalized spacial score (nSPS) is 21.7. The molecule has 22 heavy (non-hydrogen) atoms. The molecule has 2 heterocycles. The molecule has 2 aliphatic heterocycles. The van der Waals surface area contributed by atoms with Crippen LogP contribution in [0.2, 0.25) is 0 Å². The van der Waals surface area contributed by atoms with Crippen molar-refractivity contribution in [3.63, 3.8) is 0 Å². The third-order valence-electron chi connectivity index (χ3n) is 3.84. The molecule has 1 saturated heterocycles. The summed E-state index contributed by atoms with van der Waals surface area (Å²) in [7, 11) is 0. The van der Waals surface area contributed by atoms with Gasteiger partial charge in [-0.2, -0.15) is 11.8 Å². The van der Waals surface area contributed by atoms with Gasteiger partial charge < -0.3 is 14.7 Å². The Morgan fingerprint density at radius 3 is 2.86 bits per heavy atom. The lowest BCUT2D eigenvalue weighted by Gasteiger charge is -2.39. The summed E-state index contributed by atoms with van der Waals surface area (Å²) in [5.74, 6) is 1.50. The zero-order valence-corrected chi connectivity index (χ0v) is 13.8. The molecule has 0 radical (unpaired) electrons. The van der Waals surface area contributed by atoms with Gasteiger partial charge in [0.15, 0.2) is 0 Å². The highest BCUT2D eigenvalue weighted by Crippen LogP contribution is 2.39. The molecule has 5 nitrogen and oxygen atoms in total. The topological polar surface area (TPSA) is 68.1 Å². The van der Waals surface area contributed by atoms with Gasteiger partial charge in [-0.15, -0.1) is 0 Å². The number of hydrogen-bond acceptors (Lipinski definition) is 6. The third-order valence-corrected chi connectivity index (χ3v) is 4.82. The predicted octanol–water partition coefficient (Wildman–Crippen LogP) is 3.37.